The molecule has 0 saturated carbocycles. The zero-order valence-corrected chi connectivity index (χ0v) is 17.7. The van der Waals surface area contributed by atoms with Crippen molar-refractivity contribution in [2.75, 3.05) is 7.05 Å². The van der Waals surface area contributed by atoms with Gasteiger partial charge in [0.05, 0.1) is 5.25 Å². The number of hydrogen-bond acceptors (Lipinski definition) is 5. The maximum atomic E-state index is 13.2. The van der Waals surface area contributed by atoms with Gasteiger partial charge in [0.2, 0.25) is 0 Å². The Morgan fingerprint density at radius 2 is 1.82 bits per heavy atom. The molecule has 2 atom stereocenters. The number of benzene rings is 2. The standard InChI is InChI=1S/C19H20BrN3O4S/c1-12(28(25,26)27)9-13-5-3-6-14(10-13)19(15-7-4-8-16(20)11-15)17(24)23(2)18(21)22-19/h3-8,10-12H,9H2,1-2H3,(H2,21,22)(H,25,26,27). The smallest absolute Gasteiger partial charge is 0.267 e. The summed E-state index contributed by atoms with van der Waals surface area (Å²) in [7, 11) is -2.60. The lowest BCUT2D eigenvalue weighted by molar-refractivity contribution is -0.129. The third-order valence-electron chi connectivity index (χ3n) is 4.86. The Morgan fingerprint density at radius 1 is 1.21 bits per heavy atom. The maximum Gasteiger partial charge on any atom is 0.267 e. The van der Waals surface area contributed by atoms with Gasteiger partial charge in [0.15, 0.2) is 11.5 Å². The summed E-state index contributed by atoms with van der Waals surface area (Å²) in [4.78, 5) is 19.0. The Morgan fingerprint density at radius 3 is 2.36 bits per heavy atom. The number of carbonyl (C=O) groups is 1. The van der Waals surface area contributed by atoms with Crippen LogP contribution in [0.25, 0.3) is 0 Å². The molecule has 1 aliphatic rings. The molecule has 0 saturated heterocycles. The molecule has 3 rings (SSSR count). The minimum atomic E-state index is -4.16. The molecule has 2 aromatic carbocycles. The molecule has 0 spiro atoms. The van der Waals surface area contributed by atoms with E-state index in [4.69, 9.17) is 5.73 Å². The fourth-order valence-electron chi connectivity index (χ4n) is 3.26. The topological polar surface area (TPSA) is 113 Å². The Kier molecular flexibility index (Phi) is 5.35. The number of nitrogens with two attached hydrogens (primary N) is 1. The predicted molar refractivity (Wildman–Crippen MR) is 110 cm³/mol. The van der Waals surface area contributed by atoms with Crippen LogP contribution in [0.5, 0.6) is 0 Å². The molecule has 7 nitrogen and oxygen atoms in total. The van der Waals surface area contributed by atoms with E-state index in [-0.39, 0.29) is 18.3 Å². The summed E-state index contributed by atoms with van der Waals surface area (Å²) >= 11 is 3.43. The molecule has 0 radical (unpaired) electrons. The van der Waals surface area contributed by atoms with Gasteiger partial charge in [0, 0.05) is 11.5 Å². The molecule has 0 fully saturated rings. The summed E-state index contributed by atoms with van der Waals surface area (Å²) in [6.07, 6.45) is 0.102. The molecule has 2 unspecified atom stereocenters. The molecule has 28 heavy (non-hydrogen) atoms. The molecular weight excluding hydrogens is 446 g/mol. The van der Waals surface area contributed by atoms with Gasteiger partial charge in [-0.25, -0.2) is 4.99 Å². The summed E-state index contributed by atoms with van der Waals surface area (Å²) in [5, 5.41) is -0.972. The molecule has 1 aliphatic heterocycles. The van der Waals surface area contributed by atoms with E-state index >= 15 is 0 Å². The van der Waals surface area contributed by atoms with Crippen molar-refractivity contribution in [1.29, 1.82) is 0 Å². The van der Waals surface area contributed by atoms with Gasteiger partial charge < -0.3 is 5.73 Å². The van der Waals surface area contributed by atoms with Gasteiger partial charge >= 0.3 is 0 Å². The highest BCUT2D eigenvalue weighted by Crippen LogP contribution is 2.40. The van der Waals surface area contributed by atoms with Crippen LogP contribution in [0.4, 0.5) is 0 Å². The van der Waals surface area contributed by atoms with Crippen molar-refractivity contribution in [2.45, 2.75) is 24.1 Å². The van der Waals surface area contributed by atoms with Crippen molar-refractivity contribution in [1.82, 2.24) is 4.90 Å². The number of carbonyl (C=O) groups excluding carboxylic acids is 1. The summed E-state index contributed by atoms with van der Waals surface area (Å²) in [5.41, 5.74) is 6.47. The van der Waals surface area contributed by atoms with Gasteiger partial charge in [-0.3, -0.25) is 14.2 Å². The first kappa shape index (κ1) is 20.5. The third kappa shape index (κ3) is 3.57. The molecule has 0 bridgehead atoms. The average molecular weight is 466 g/mol. The normalized spacial score (nSPS) is 20.9. The van der Waals surface area contributed by atoms with Gasteiger partial charge in [0.1, 0.15) is 0 Å². The second kappa shape index (κ2) is 7.31. The molecule has 2 aromatic rings. The average Bonchev–Trinajstić information content (AvgIpc) is 2.86. The van der Waals surface area contributed by atoms with E-state index in [2.05, 4.69) is 20.9 Å². The molecule has 1 heterocycles. The quantitative estimate of drug-likeness (QED) is 0.657. The number of likely N-dealkylation sites (N-methyl/N-ethyl adjacent to an activating group) is 1. The van der Waals surface area contributed by atoms with Crippen LogP contribution in [0.3, 0.4) is 0 Å². The Hall–Kier alpha value is -2.23. The monoisotopic (exact) mass is 465 g/mol. The van der Waals surface area contributed by atoms with Crippen LogP contribution in [0.2, 0.25) is 0 Å². The van der Waals surface area contributed by atoms with Gasteiger partial charge in [-0.15, -0.1) is 0 Å². The van der Waals surface area contributed by atoms with E-state index in [0.29, 0.717) is 16.7 Å². The van der Waals surface area contributed by atoms with Crippen molar-refractivity contribution in [3.63, 3.8) is 0 Å². The van der Waals surface area contributed by atoms with Crippen LogP contribution in [0, 0.1) is 0 Å². The fraction of sp³-hybridized carbons (Fsp3) is 0.263. The number of aliphatic imine (C=N–C) groups is 1. The van der Waals surface area contributed by atoms with E-state index in [0.717, 1.165) is 4.47 Å². The number of rotatable bonds is 5. The molecule has 1 amide bonds. The van der Waals surface area contributed by atoms with Gasteiger partial charge in [0.25, 0.3) is 16.0 Å². The lowest BCUT2D eigenvalue weighted by Crippen LogP contribution is -2.41. The summed E-state index contributed by atoms with van der Waals surface area (Å²) in [6.45, 7) is 1.43. The second-order valence-corrected chi connectivity index (χ2v) is 9.54. The third-order valence-corrected chi connectivity index (χ3v) is 6.54. The lowest BCUT2D eigenvalue weighted by Gasteiger charge is -2.27. The largest absolute Gasteiger partial charge is 0.369 e. The zero-order chi connectivity index (χ0) is 20.7. The van der Waals surface area contributed by atoms with Crippen LogP contribution < -0.4 is 5.73 Å². The zero-order valence-electron chi connectivity index (χ0n) is 15.3. The first-order valence-electron chi connectivity index (χ1n) is 8.51. The van der Waals surface area contributed by atoms with E-state index < -0.39 is 20.9 Å². The van der Waals surface area contributed by atoms with Crippen LogP contribution in [-0.2, 0) is 26.9 Å². The van der Waals surface area contributed by atoms with Crippen LogP contribution in [-0.4, -0.2) is 42.0 Å². The number of halogens is 1. The first-order chi connectivity index (χ1) is 13.1. The number of hydrogen-bond donors (Lipinski definition) is 2. The van der Waals surface area contributed by atoms with Gasteiger partial charge in [-0.2, -0.15) is 8.42 Å². The number of amides is 1. The maximum absolute atomic E-state index is 13.2. The van der Waals surface area contributed by atoms with Crippen molar-refractivity contribution in [3.05, 3.63) is 69.7 Å². The number of guanidine groups is 1. The molecule has 9 heteroatoms. The minimum Gasteiger partial charge on any atom is -0.369 e. The summed E-state index contributed by atoms with van der Waals surface area (Å²) < 4.78 is 32.8. The number of nitrogens with zero attached hydrogens (tertiary/aromatic N) is 2. The Bertz CT molecular complexity index is 1070. The highest BCUT2D eigenvalue weighted by atomic mass is 79.9. The van der Waals surface area contributed by atoms with Crippen LogP contribution in [0.1, 0.15) is 23.6 Å². The first-order valence-corrected chi connectivity index (χ1v) is 10.8. The second-order valence-electron chi connectivity index (χ2n) is 6.79. The van der Waals surface area contributed by atoms with Crippen molar-refractivity contribution < 1.29 is 17.8 Å². The van der Waals surface area contributed by atoms with Crippen LogP contribution in [0.15, 0.2) is 58.0 Å². The van der Waals surface area contributed by atoms with E-state index in [1.165, 1.54) is 11.8 Å². The highest BCUT2D eigenvalue weighted by Gasteiger charge is 2.49. The Balaban J connectivity index is 2.16. The molecular formula is C19H20BrN3O4S. The summed E-state index contributed by atoms with van der Waals surface area (Å²) in [6, 6.07) is 14.2. The molecule has 3 N–H and O–H groups in total. The van der Waals surface area contributed by atoms with E-state index in [9.17, 15) is 17.8 Å². The van der Waals surface area contributed by atoms with Gasteiger partial charge in [-0.1, -0.05) is 52.3 Å². The fourth-order valence-corrected chi connectivity index (χ4v) is 4.06. The molecule has 0 aromatic heterocycles. The molecule has 148 valence electrons. The summed E-state index contributed by atoms with van der Waals surface area (Å²) in [5.74, 6) is -0.204. The van der Waals surface area contributed by atoms with Gasteiger partial charge in [-0.05, 0) is 42.2 Å². The van der Waals surface area contributed by atoms with E-state index in [1.54, 1.807) is 43.4 Å². The SMILES string of the molecule is CC(Cc1cccc(C2(c3cccc(Br)c3)N=C(N)N(C)C2=O)c1)S(=O)(=O)O. The van der Waals surface area contributed by atoms with E-state index in [1.807, 2.05) is 12.1 Å². The predicted octanol–water partition coefficient (Wildman–Crippen LogP) is 2.30. The highest BCUT2D eigenvalue weighted by molar-refractivity contribution is 9.10. The van der Waals surface area contributed by atoms with Crippen molar-refractivity contribution in [3.8, 4) is 0 Å². The van der Waals surface area contributed by atoms with Crippen molar-refractivity contribution >= 4 is 37.9 Å². The van der Waals surface area contributed by atoms with Crippen molar-refractivity contribution in [2.24, 2.45) is 10.7 Å². The Labute approximate surface area is 172 Å². The van der Waals surface area contributed by atoms with Crippen LogP contribution >= 0.6 is 15.9 Å². The molecule has 0 aliphatic carbocycles. The lowest BCUT2D eigenvalue weighted by atomic mass is 9.82. The minimum absolute atomic E-state index is 0.0988.